The van der Waals surface area contributed by atoms with Gasteiger partial charge in [0.2, 0.25) is 5.69 Å². The number of nitrogens with zero attached hydrogens (tertiary/aromatic N) is 3. The highest BCUT2D eigenvalue weighted by Gasteiger charge is 2.20. The first kappa shape index (κ1) is 14.0. The van der Waals surface area contributed by atoms with Crippen LogP contribution in [0.4, 0.5) is 5.82 Å². The van der Waals surface area contributed by atoms with E-state index >= 15 is 0 Å². The Hall–Kier alpha value is -2.37. The van der Waals surface area contributed by atoms with Crippen LogP contribution in [0.1, 0.15) is 35.5 Å². The molecule has 0 unspecified atom stereocenters. The minimum atomic E-state index is -0.562. The fourth-order valence-electron chi connectivity index (χ4n) is 1.75. The number of ether oxygens (including phenoxy) is 1. The largest absolute Gasteiger partial charge is 0.458 e. The molecule has 20 heavy (non-hydrogen) atoms. The summed E-state index contributed by atoms with van der Waals surface area (Å²) in [6.45, 7) is 7.55. The first-order valence-corrected chi connectivity index (χ1v) is 6.40. The van der Waals surface area contributed by atoms with Gasteiger partial charge in [0.15, 0.2) is 5.82 Å². The van der Waals surface area contributed by atoms with Crippen LogP contribution in [0.5, 0.6) is 0 Å². The van der Waals surface area contributed by atoms with Gasteiger partial charge in [0.1, 0.15) is 0 Å². The van der Waals surface area contributed by atoms with Crippen LogP contribution in [-0.4, -0.2) is 27.1 Å². The molecule has 0 saturated heterocycles. The molecule has 0 aliphatic heterocycles. The highest BCUT2D eigenvalue weighted by Crippen LogP contribution is 2.18. The van der Waals surface area contributed by atoms with Gasteiger partial charge >= 0.3 is 5.97 Å². The van der Waals surface area contributed by atoms with Gasteiger partial charge in [-0.3, -0.25) is 0 Å². The van der Waals surface area contributed by atoms with E-state index in [2.05, 4.69) is 10.3 Å². The Morgan fingerprint density at radius 3 is 2.60 bits per heavy atom. The van der Waals surface area contributed by atoms with Gasteiger partial charge in [0.25, 0.3) is 0 Å². The number of nitrogens with two attached hydrogens (primary N) is 1. The van der Waals surface area contributed by atoms with Crippen LogP contribution in [0.15, 0.2) is 18.2 Å². The number of esters is 1. The van der Waals surface area contributed by atoms with E-state index in [0.717, 1.165) is 11.3 Å². The van der Waals surface area contributed by atoms with Gasteiger partial charge in [0.05, 0.1) is 11.8 Å². The fraction of sp³-hybridized carbons (Fsp3) is 0.357. The molecule has 0 fully saturated rings. The van der Waals surface area contributed by atoms with E-state index in [1.165, 1.54) is 10.2 Å². The van der Waals surface area contributed by atoms with E-state index < -0.39 is 5.97 Å². The standard InChI is InChI=1S/C14H18N4O2/c1-8(2)20-14(19)12-13(15)18(17-16-12)11-6-5-9(3)10(4)7-11/h5-8H,15H2,1-4H3. The minimum absolute atomic E-state index is 0.0388. The Morgan fingerprint density at radius 2 is 2.00 bits per heavy atom. The Morgan fingerprint density at radius 1 is 1.30 bits per heavy atom. The second kappa shape index (κ2) is 5.32. The molecule has 0 atom stereocenters. The van der Waals surface area contributed by atoms with Crippen molar-refractivity contribution in [2.75, 3.05) is 5.73 Å². The summed E-state index contributed by atoms with van der Waals surface area (Å²) in [4.78, 5) is 11.8. The predicted molar refractivity (Wildman–Crippen MR) is 75.8 cm³/mol. The lowest BCUT2D eigenvalue weighted by Crippen LogP contribution is -2.14. The monoisotopic (exact) mass is 274 g/mol. The molecule has 106 valence electrons. The predicted octanol–water partition coefficient (Wildman–Crippen LogP) is 2.03. The Balaban J connectivity index is 2.37. The highest BCUT2D eigenvalue weighted by atomic mass is 16.5. The number of carbonyl (C=O) groups is 1. The van der Waals surface area contributed by atoms with Crippen molar-refractivity contribution in [2.24, 2.45) is 0 Å². The average molecular weight is 274 g/mol. The van der Waals surface area contributed by atoms with Crippen LogP contribution in [0, 0.1) is 13.8 Å². The van der Waals surface area contributed by atoms with Crippen molar-refractivity contribution in [1.82, 2.24) is 15.0 Å². The number of benzene rings is 1. The molecule has 0 spiro atoms. The molecule has 2 rings (SSSR count). The van der Waals surface area contributed by atoms with Crippen molar-refractivity contribution in [2.45, 2.75) is 33.8 Å². The molecular formula is C14H18N4O2. The van der Waals surface area contributed by atoms with Gasteiger partial charge in [-0.15, -0.1) is 5.10 Å². The van der Waals surface area contributed by atoms with Gasteiger partial charge in [-0.2, -0.15) is 4.68 Å². The smallest absolute Gasteiger partial charge is 0.363 e. The lowest BCUT2D eigenvalue weighted by atomic mass is 10.1. The maximum Gasteiger partial charge on any atom is 0.363 e. The van der Waals surface area contributed by atoms with Crippen LogP contribution in [0.25, 0.3) is 5.69 Å². The van der Waals surface area contributed by atoms with Crippen LogP contribution in [0.3, 0.4) is 0 Å². The van der Waals surface area contributed by atoms with Gasteiger partial charge in [-0.1, -0.05) is 11.3 Å². The summed E-state index contributed by atoms with van der Waals surface area (Å²) in [5, 5.41) is 7.74. The summed E-state index contributed by atoms with van der Waals surface area (Å²) in [5.41, 5.74) is 9.03. The van der Waals surface area contributed by atoms with Crippen LogP contribution in [0.2, 0.25) is 0 Å². The molecule has 0 aliphatic rings. The molecule has 0 aliphatic carbocycles. The van der Waals surface area contributed by atoms with Gasteiger partial charge in [-0.25, -0.2) is 4.79 Å². The summed E-state index contributed by atoms with van der Waals surface area (Å²) in [5.74, 6) is -0.383. The van der Waals surface area contributed by atoms with E-state index in [1.807, 2.05) is 32.0 Å². The molecule has 6 nitrogen and oxygen atoms in total. The van der Waals surface area contributed by atoms with Crippen LogP contribution < -0.4 is 5.73 Å². The molecule has 2 N–H and O–H groups in total. The number of aromatic nitrogens is 3. The minimum Gasteiger partial charge on any atom is -0.458 e. The maximum atomic E-state index is 11.8. The first-order valence-electron chi connectivity index (χ1n) is 6.40. The SMILES string of the molecule is Cc1ccc(-n2nnc(C(=O)OC(C)C)c2N)cc1C. The molecule has 6 heteroatoms. The second-order valence-electron chi connectivity index (χ2n) is 4.96. The third kappa shape index (κ3) is 2.64. The number of nitrogen functional groups attached to an aromatic ring is 1. The molecule has 0 radical (unpaired) electrons. The quantitative estimate of drug-likeness (QED) is 0.866. The van der Waals surface area contributed by atoms with E-state index in [1.54, 1.807) is 13.8 Å². The van der Waals surface area contributed by atoms with Crippen molar-refractivity contribution in [1.29, 1.82) is 0 Å². The van der Waals surface area contributed by atoms with Crippen molar-refractivity contribution in [3.63, 3.8) is 0 Å². The van der Waals surface area contributed by atoms with Crippen molar-refractivity contribution in [3.8, 4) is 5.69 Å². The highest BCUT2D eigenvalue weighted by molar-refractivity contribution is 5.92. The Bertz CT molecular complexity index is 647. The number of anilines is 1. The fourth-order valence-corrected chi connectivity index (χ4v) is 1.75. The molecule has 1 aromatic carbocycles. The number of hydrogen-bond acceptors (Lipinski definition) is 5. The number of rotatable bonds is 3. The molecule has 0 saturated carbocycles. The topological polar surface area (TPSA) is 83.0 Å². The lowest BCUT2D eigenvalue weighted by Gasteiger charge is -2.07. The Labute approximate surface area is 117 Å². The molecular weight excluding hydrogens is 256 g/mol. The molecule has 0 bridgehead atoms. The summed E-state index contributed by atoms with van der Waals surface area (Å²) < 4.78 is 6.51. The number of aryl methyl sites for hydroxylation is 2. The number of carbonyl (C=O) groups excluding carboxylic acids is 1. The van der Waals surface area contributed by atoms with Crippen LogP contribution in [-0.2, 0) is 4.74 Å². The zero-order valence-corrected chi connectivity index (χ0v) is 12.0. The van der Waals surface area contributed by atoms with Gasteiger partial charge < -0.3 is 10.5 Å². The van der Waals surface area contributed by atoms with Crippen molar-refractivity contribution in [3.05, 3.63) is 35.0 Å². The molecule has 1 heterocycles. The molecule has 1 aromatic heterocycles. The first-order chi connectivity index (χ1) is 9.40. The summed E-state index contributed by atoms with van der Waals surface area (Å²) in [7, 11) is 0. The third-order valence-corrected chi connectivity index (χ3v) is 2.98. The normalized spacial score (nSPS) is 10.8. The second-order valence-corrected chi connectivity index (χ2v) is 4.96. The van der Waals surface area contributed by atoms with Crippen molar-refractivity contribution < 1.29 is 9.53 Å². The molecule has 2 aromatic rings. The zero-order valence-electron chi connectivity index (χ0n) is 12.0. The van der Waals surface area contributed by atoms with Crippen LogP contribution >= 0.6 is 0 Å². The van der Waals surface area contributed by atoms with Crippen molar-refractivity contribution >= 4 is 11.8 Å². The van der Waals surface area contributed by atoms with E-state index in [-0.39, 0.29) is 17.6 Å². The number of hydrogen-bond donors (Lipinski definition) is 1. The molecule has 0 amide bonds. The van der Waals surface area contributed by atoms with Gasteiger partial charge in [-0.05, 0) is 51.0 Å². The summed E-state index contributed by atoms with van der Waals surface area (Å²) in [6, 6.07) is 5.79. The third-order valence-electron chi connectivity index (χ3n) is 2.98. The van der Waals surface area contributed by atoms with Gasteiger partial charge in [0, 0.05) is 0 Å². The zero-order chi connectivity index (χ0) is 14.9. The summed E-state index contributed by atoms with van der Waals surface area (Å²) in [6.07, 6.45) is -0.228. The van der Waals surface area contributed by atoms with E-state index in [0.29, 0.717) is 0 Å². The lowest BCUT2D eigenvalue weighted by molar-refractivity contribution is 0.0372. The maximum absolute atomic E-state index is 11.8. The van der Waals surface area contributed by atoms with E-state index in [4.69, 9.17) is 10.5 Å². The Kier molecular flexibility index (Phi) is 3.74. The summed E-state index contributed by atoms with van der Waals surface area (Å²) >= 11 is 0. The average Bonchev–Trinajstić information content (AvgIpc) is 2.74. The van der Waals surface area contributed by atoms with E-state index in [9.17, 15) is 4.79 Å².